The lowest BCUT2D eigenvalue weighted by molar-refractivity contribution is -0.135. The first-order valence-electron chi connectivity index (χ1n) is 23.9. The molecule has 1 unspecified atom stereocenters. The number of amides is 4. The van der Waals surface area contributed by atoms with E-state index in [1.54, 1.807) is 23.5 Å². The Morgan fingerprint density at radius 2 is 1.34 bits per heavy atom. The summed E-state index contributed by atoms with van der Waals surface area (Å²) in [6.45, 7) is 3.63. The molecular formula is C51H66N8O6S2. The van der Waals surface area contributed by atoms with Crippen LogP contribution < -0.4 is 10.6 Å². The predicted molar refractivity (Wildman–Crippen MR) is 266 cm³/mol. The Hall–Kier alpha value is -5.22. The number of hydrogen-bond donors (Lipinski definition) is 4. The van der Waals surface area contributed by atoms with Crippen molar-refractivity contribution in [2.45, 2.75) is 102 Å². The number of aromatic nitrogens is 4. The van der Waals surface area contributed by atoms with E-state index in [0.29, 0.717) is 43.7 Å². The maximum Gasteiger partial charge on any atom is 0.407 e. The molecule has 2 aromatic heterocycles. The number of thioether (sulfide) groups is 2. The monoisotopic (exact) mass is 950 g/mol. The number of H-pyrrole nitrogens is 2. The van der Waals surface area contributed by atoms with Crippen molar-refractivity contribution < 1.29 is 28.7 Å². The summed E-state index contributed by atoms with van der Waals surface area (Å²) in [5.74, 6) is 3.95. The molecule has 6 aliphatic carbocycles. The fraction of sp³-hybridized carbons (Fsp3) is 0.529. The van der Waals surface area contributed by atoms with Gasteiger partial charge in [-0.1, -0.05) is 61.1 Å². The van der Waals surface area contributed by atoms with Crippen molar-refractivity contribution in [2.75, 3.05) is 51.3 Å². The molecule has 0 saturated carbocycles. The van der Waals surface area contributed by atoms with Crippen LogP contribution in [-0.2, 0) is 19.1 Å². The van der Waals surface area contributed by atoms with Crippen molar-refractivity contribution in [3.63, 3.8) is 0 Å². The highest BCUT2D eigenvalue weighted by atomic mass is 32.2. The maximum absolute atomic E-state index is 13.9. The molecule has 8 aliphatic rings. The molecule has 16 heteroatoms. The number of hydrogen-bond acceptors (Lipinski definition) is 10. The fourth-order valence-electron chi connectivity index (χ4n) is 10.8. The second-order valence-electron chi connectivity index (χ2n) is 18.4. The molecule has 1 aromatic carbocycles. The summed E-state index contributed by atoms with van der Waals surface area (Å²) in [4.78, 5) is 72.6. The minimum atomic E-state index is -0.652. The van der Waals surface area contributed by atoms with Crippen LogP contribution in [0.2, 0.25) is 0 Å². The highest BCUT2D eigenvalue weighted by molar-refractivity contribution is 7.98. The molecule has 4 heterocycles. The highest BCUT2D eigenvalue weighted by Gasteiger charge is 2.38. The Labute approximate surface area is 403 Å². The van der Waals surface area contributed by atoms with E-state index in [4.69, 9.17) is 19.4 Å². The van der Waals surface area contributed by atoms with Crippen molar-refractivity contribution in [2.24, 2.45) is 17.8 Å². The van der Waals surface area contributed by atoms with Gasteiger partial charge in [0.1, 0.15) is 23.7 Å². The van der Waals surface area contributed by atoms with Crippen molar-refractivity contribution in [1.29, 1.82) is 0 Å². The number of carbonyl (C=O) groups excluding carboxylic acids is 4. The molecule has 2 saturated heterocycles. The van der Waals surface area contributed by atoms with Gasteiger partial charge in [0.15, 0.2) is 0 Å². The fourth-order valence-corrected chi connectivity index (χ4v) is 11.7. The topological polar surface area (TPSA) is 175 Å². The van der Waals surface area contributed by atoms with Crippen molar-refractivity contribution in [3.05, 3.63) is 95.0 Å². The number of nitrogens with one attached hydrogen (secondary N) is 4. The van der Waals surface area contributed by atoms with Crippen LogP contribution >= 0.6 is 23.5 Å². The summed E-state index contributed by atoms with van der Waals surface area (Å²) in [6.07, 6.45) is 25.7. The predicted octanol–water partition coefficient (Wildman–Crippen LogP) is 9.26. The third kappa shape index (κ3) is 10.9. The van der Waals surface area contributed by atoms with E-state index in [-0.39, 0.29) is 23.9 Å². The number of alkyl carbamates (subject to hydrolysis) is 2. The van der Waals surface area contributed by atoms with E-state index in [1.807, 2.05) is 34.7 Å². The molecular weight excluding hydrogens is 885 g/mol. The number of carbonyl (C=O) groups is 4. The number of nitrogens with zero attached hydrogens (tertiary/aromatic N) is 4. The lowest BCUT2D eigenvalue weighted by Gasteiger charge is -2.33. The number of allylic oxidation sites excluding steroid dienone is 8. The molecule has 4 N–H and O–H groups in total. The minimum Gasteiger partial charge on any atom is -0.453 e. The van der Waals surface area contributed by atoms with Gasteiger partial charge in [0.2, 0.25) is 11.8 Å². The van der Waals surface area contributed by atoms with Gasteiger partial charge in [-0.25, -0.2) is 19.6 Å². The zero-order chi connectivity index (χ0) is 47.0. The Morgan fingerprint density at radius 1 is 0.776 bits per heavy atom. The third-order valence-corrected chi connectivity index (χ3v) is 15.7. The average Bonchev–Trinajstić information content (AvgIpc) is 4.20. The van der Waals surface area contributed by atoms with E-state index in [1.165, 1.54) is 42.1 Å². The second kappa shape index (κ2) is 22.3. The smallest absolute Gasteiger partial charge is 0.407 e. The standard InChI is InChI=1S/C51H66N8O6S2/c1-31-33-14-16-34-12-10-32(28-38(34)42-30-53-47(55-42)44-9-7-25-59(44)49(61)40(23-27-67-5)57-51(63)65-3)11-13-36(19-15-33)45(31)37-20-17-35(18-21-37)41-29-52-46(54-41)43-8-6-24-58(43)48(60)39(22-26-66-4)56-50(62)64-2/h10,15,17-21,28-31,33-34,39-40,43-44H,6-9,11-14,16,22-27H2,1-5H3,(H,52,54)(H,53,55)(H,56,62)(H,57,63)/t31?,33-,34-,39+,40+,43+,44+/m1/s1. The van der Waals surface area contributed by atoms with Gasteiger partial charge < -0.3 is 39.9 Å². The average molecular weight is 951 g/mol. The molecule has 4 bridgehead atoms. The molecule has 4 amide bonds. The number of imidazole rings is 2. The van der Waals surface area contributed by atoms with Gasteiger partial charge in [-0.3, -0.25) is 9.59 Å². The van der Waals surface area contributed by atoms with Crippen LogP contribution in [0.1, 0.15) is 113 Å². The summed E-state index contributed by atoms with van der Waals surface area (Å²) in [7, 11) is 2.63. The van der Waals surface area contributed by atoms with Crippen molar-refractivity contribution in [3.8, 4) is 11.3 Å². The molecule has 2 aliphatic heterocycles. The quantitative estimate of drug-likeness (QED) is 0.115. The van der Waals surface area contributed by atoms with E-state index in [2.05, 4.69) is 76.1 Å². The van der Waals surface area contributed by atoms with E-state index in [0.717, 1.165) is 97.9 Å². The maximum atomic E-state index is 13.9. The minimum absolute atomic E-state index is 0.0889. The van der Waals surface area contributed by atoms with Crippen LogP contribution in [0.4, 0.5) is 9.59 Å². The Morgan fingerprint density at radius 3 is 1.93 bits per heavy atom. The molecule has 0 spiro atoms. The summed E-state index contributed by atoms with van der Waals surface area (Å²) < 4.78 is 9.68. The molecule has 0 radical (unpaired) electrons. The largest absolute Gasteiger partial charge is 0.453 e. The van der Waals surface area contributed by atoms with Crippen LogP contribution in [0.3, 0.4) is 0 Å². The normalized spacial score (nSPS) is 23.6. The van der Waals surface area contributed by atoms with E-state index in [9.17, 15) is 19.2 Å². The summed E-state index contributed by atoms with van der Waals surface area (Å²) in [6, 6.07) is 7.20. The summed E-state index contributed by atoms with van der Waals surface area (Å²) in [5, 5.41) is 5.53. The highest BCUT2D eigenvalue weighted by Crippen LogP contribution is 2.45. The SMILES string of the molecule is COC(=O)N[C@@H](CCSC)C(=O)N1CCC[C@H]1c1ncc(C2=CC3=CC[C@@H]2CC[C@@H]2C=CC(=C(c4ccc(-c5cnc([C@@H]6CCCN6C(=O)[C@H](CCSC)NC(=O)OC)[nH]5)cc4)C2C)CC3)[nH]1. The lowest BCUT2D eigenvalue weighted by atomic mass is 9.71. The van der Waals surface area contributed by atoms with Crippen LogP contribution in [0.25, 0.3) is 22.4 Å². The molecule has 7 atom stereocenters. The van der Waals surface area contributed by atoms with Gasteiger partial charge >= 0.3 is 12.2 Å². The molecule has 67 heavy (non-hydrogen) atoms. The van der Waals surface area contributed by atoms with Crippen LogP contribution in [0, 0.1) is 17.8 Å². The molecule has 3 aromatic rings. The van der Waals surface area contributed by atoms with Crippen molar-refractivity contribution >= 4 is 58.7 Å². The zero-order valence-corrected chi connectivity index (χ0v) is 41.1. The molecule has 358 valence electrons. The molecule has 14 nitrogen and oxygen atoms in total. The van der Waals surface area contributed by atoms with Gasteiger partial charge in [-0.05, 0) is 140 Å². The van der Waals surface area contributed by atoms with Crippen LogP contribution in [0.15, 0.2) is 72.1 Å². The number of ether oxygens (including phenoxy) is 2. The van der Waals surface area contributed by atoms with Gasteiger partial charge in [-0.2, -0.15) is 23.5 Å². The van der Waals surface area contributed by atoms with E-state index < -0.39 is 24.3 Å². The van der Waals surface area contributed by atoms with Gasteiger partial charge in [-0.15, -0.1) is 0 Å². The Balaban J connectivity index is 0.965. The van der Waals surface area contributed by atoms with Gasteiger partial charge in [0, 0.05) is 13.1 Å². The first-order chi connectivity index (χ1) is 32.6. The van der Waals surface area contributed by atoms with Gasteiger partial charge in [0.05, 0.1) is 50.1 Å². The zero-order valence-electron chi connectivity index (χ0n) is 39.5. The third-order valence-electron chi connectivity index (χ3n) is 14.4. The molecule has 2 fully saturated rings. The number of benzene rings is 1. The lowest BCUT2D eigenvalue weighted by Crippen LogP contribution is -2.48. The van der Waals surface area contributed by atoms with E-state index >= 15 is 0 Å². The number of rotatable bonds is 15. The number of likely N-dealkylation sites (tertiary alicyclic amines) is 2. The number of aromatic amines is 2. The first kappa shape index (κ1) is 48.2. The molecule has 11 rings (SSSR count). The summed E-state index contributed by atoms with van der Waals surface area (Å²) >= 11 is 3.29. The first-order valence-corrected chi connectivity index (χ1v) is 26.7. The van der Waals surface area contributed by atoms with Crippen LogP contribution in [-0.4, -0.2) is 117 Å². The van der Waals surface area contributed by atoms with Crippen molar-refractivity contribution in [1.82, 2.24) is 40.4 Å². The van der Waals surface area contributed by atoms with Gasteiger partial charge in [0.25, 0.3) is 0 Å². The number of methoxy groups -OCH3 is 2. The second-order valence-corrected chi connectivity index (χ2v) is 20.4. The Kier molecular flexibility index (Phi) is 16.0. The van der Waals surface area contributed by atoms with Crippen LogP contribution in [0.5, 0.6) is 0 Å². The summed E-state index contributed by atoms with van der Waals surface area (Å²) in [5.41, 5.74) is 9.67. The Bertz CT molecular complexity index is 2390.